The molecular formula is C16H12F2N2O3. The molecule has 0 atom stereocenters. The molecule has 3 rings (SSSR count). The summed E-state index contributed by atoms with van der Waals surface area (Å²) in [5.74, 6) is -4.15. The van der Waals surface area contributed by atoms with Crippen molar-refractivity contribution in [3.8, 4) is 0 Å². The summed E-state index contributed by atoms with van der Waals surface area (Å²) in [5.41, 5.74) is 0.872. The first kappa shape index (κ1) is 15.0. The van der Waals surface area contributed by atoms with Crippen LogP contribution < -0.4 is 5.56 Å². The fourth-order valence-corrected chi connectivity index (χ4v) is 2.48. The average Bonchev–Trinajstić information content (AvgIpc) is 2.88. The van der Waals surface area contributed by atoms with E-state index in [0.717, 1.165) is 13.0 Å². The monoisotopic (exact) mass is 318 g/mol. The van der Waals surface area contributed by atoms with E-state index in [9.17, 15) is 18.4 Å². The first-order valence-corrected chi connectivity index (χ1v) is 6.74. The first-order chi connectivity index (χ1) is 10.8. The molecular weight excluding hydrogens is 306 g/mol. The van der Waals surface area contributed by atoms with Gasteiger partial charge in [0.2, 0.25) is 0 Å². The predicted molar refractivity (Wildman–Crippen MR) is 81.8 cm³/mol. The van der Waals surface area contributed by atoms with Gasteiger partial charge < -0.3 is 14.5 Å². The third-order valence-electron chi connectivity index (χ3n) is 3.53. The van der Waals surface area contributed by atoms with E-state index in [-0.39, 0.29) is 11.1 Å². The standard InChI is InChI=1S/C16H12F2N2O3/c1-16(17,18)9-2-5-12-11(8-9)19-15(23)13-6-3-10(20(12)13)4-7-14(21)22/h2-8H,1H3,(H,19,23)(H,21,22)/b7-4+. The lowest BCUT2D eigenvalue weighted by Gasteiger charge is -2.12. The highest BCUT2D eigenvalue weighted by atomic mass is 19.3. The Balaban J connectivity index is 2.35. The van der Waals surface area contributed by atoms with E-state index in [2.05, 4.69) is 4.98 Å². The zero-order valence-corrected chi connectivity index (χ0v) is 12.0. The number of alkyl halides is 2. The summed E-state index contributed by atoms with van der Waals surface area (Å²) >= 11 is 0. The molecule has 0 bridgehead atoms. The van der Waals surface area contributed by atoms with Crippen LogP contribution in [0.15, 0.2) is 41.2 Å². The minimum atomic E-state index is -3.03. The summed E-state index contributed by atoms with van der Waals surface area (Å²) in [5, 5.41) is 8.73. The molecule has 0 saturated carbocycles. The van der Waals surface area contributed by atoms with Crippen LogP contribution in [0.3, 0.4) is 0 Å². The molecule has 0 aliphatic carbocycles. The number of carbonyl (C=O) groups is 1. The van der Waals surface area contributed by atoms with Gasteiger partial charge in [-0.15, -0.1) is 0 Å². The number of rotatable bonds is 3. The fraction of sp³-hybridized carbons (Fsp3) is 0.125. The number of H-pyrrole nitrogens is 1. The summed E-state index contributed by atoms with van der Waals surface area (Å²) in [6.07, 6.45) is 2.29. The van der Waals surface area contributed by atoms with Gasteiger partial charge in [-0.2, -0.15) is 0 Å². The molecule has 0 amide bonds. The number of nitrogens with zero attached hydrogens (tertiary/aromatic N) is 1. The summed E-state index contributed by atoms with van der Waals surface area (Å²) in [6, 6.07) is 7.11. The predicted octanol–water partition coefficient (Wildman–Crippen LogP) is 2.99. The number of hydrogen-bond acceptors (Lipinski definition) is 2. The van der Waals surface area contributed by atoms with Crippen LogP contribution in [0, 0.1) is 0 Å². The molecule has 2 heterocycles. The molecule has 0 spiro atoms. The zero-order chi connectivity index (χ0) is 16.8. The normalized spacial score (nSPS) is 12.5. The molecule has 0 aliphatic rings. The summed E-state index contributed by atoms with van der Waals surface area (Å²) in [4.78, 5) is 25.3. The third kappa shape index (κ3) is 2.61. The van der Waals surface area contributed by atoms with Gasteiger partial charge in [0.25, 0.3) is 11.5 Å². The molecule has 0 fully saturated rings. The van der Waals surface area contributed by atoms with Crippen LogP contribution >= 0.6 is 0 Å². The van der Waals surface area contributed by atoms with Crippen molar-refractivity contribution in [1.29, 1.82) is 0 Å². The van der Waals surface area contributed by atoms with Crippen LogP contribution in [-0.4, -0.2) is 20.5 Å². The largest absolute Gasteiger partial charge is 0.478 e. The molecule has 1 aromatic carbocycles. The van der Waals surface area contributed by atoms with Gasteiger partial charge >= 0.3 is 5.97 Å². The van der Waals surface area contributed by atoms with Crippen molar-refractivity contribution < 1.29 is 18.7 Å². The number of carboxylic acids is 1. The Morgan fingerprint density at radius 1 is 1.26 bits per heavy atom. The molecule has 2 N–H and O–H groups in total. The number of carboxylic acid groups (broad SMARTS) is 1. The number of hydrogen-bond donors (Lipinski definition) is 2. The van der Waals surface area contributed by atoms with Crippen molar-refractivity contribution >= 4 is 28.6 Å². The summed E-state index contributed by atoms with van der Waals surface area (Å²) in [6.45, 7) is 0.779. The topological polar surface area (TPSA) is 74.6 Å². The van der Waals surface area contributed by atoms with Crippen molar-refractivity contribution in [3.63, 3.8) is 0 Å². The number of aliphatic carboxylic acids is 1. The van der Waals surface area contributed by atoms with Crippen molar-refractivity contribution in [2.24, 2.45) is 0 Å². The van der Waals surface area contributed by atoms with Crippen molar-refractivity contribution in [1.82, 2.24) is 9.38 Å². The maximum atomic E-state index is 13.5. The fourth-order valence-electron chi connectivity index (χ4n) is 2.48. The van der Waals surface area contributed by atoms with E-state index in [4.69, 9.17) is 5.11 Å². The molecule has 5 nitrogen and oxygen atoms in total. The first-order valence-electron chi connectivity index (χ1n) is 6.74. The molecule has 3 aromatic rings. The molecule has 7 heteroatoms. The smallest absolute Gasteiger partial charge is 0.328 e. The van der Waals surface area contributed by atoms with Crippen LogP contribution in [-0.2, 0) is 10.7 Å². The lowest BCUT2D eigenvalue weighted by Crippen LogP contribution is -2.12. The second-order valence-corrected chi connectivity index (χ2v) is 5.22. The summed E-state index contributed by atoms with van der Waals surface area (Å²) < 4.78 is 28.4. The van der Waals surface area contributed by atoms with Gasteiger partial charge in [-0.25, -0.2) is 13.6 Å². The Bertz CT molecular complexity index is 1010. The van der Waals surface area contributed by atoms with Crippen molar-refractivity contribution in [3.05, 3.63) is 58.0 Å². The van der Waals surface area contributed by atoms with Crippen LogP contribution in [0.2, 0.25) is 0 Å². The Morgan fingerprint density at radius 3 is 2.61 bits per heavy atom. The van der Waals surface area contributed by atoms with Crippen LogP contribution in [0.25, 0.3) is 22.6 Å². The van der Waals surface area contributed by atoms with Gasteiger partial charge in [0.05, 0.1) is 11.0 Å². The molecule has 23 heavy (non-hydrogen) atoms. The molecule has 0 unspecified atom stereocenters. The molecule has 0 saturated heterocycles. The molecule has 0 aliphatic heterocycles. The molecule has 118 valence electrons. The second kappa shape index (κ2) is 5.05. The highest BCUT2D eigenvalue weighted by Gasteiger charge is 2.24. The number of fused-ring (bicyclic) bond motifs is 3. The van der Waals surface area contributed by atoms with Crippen LogP contribution in [0.1, 0.15) is 18.2 Å². The van der Waals surface area contributed by atoms with Gasteiger partial charge in [0, 0.05) is 24.3 Å². The SMILES string of the molecule is CC(F)(F)c1ccc2c(c1)[nH]c(=O)c1ccc(/C=C/C(=O)O)n12. The quantitative estimate of drug-likeness (QED) is 0.729. The highest BCUT2D eigenvalue weighted by Crippen LogP contribution is 2.29. The minimum absolute atomic E-state index is 0.213. The average molecular weight is 318 g/mol. The zero-order valence-electron chi connectivity index (χ0n) is 12.0. The van der Waals surface area contributed by atoms with E-state index in [1.54, 1.807) is 12.1 Å². The third-order valence-corrected chi connectivity index (χ3v) is 3.53. The van der Waals surface area contributed by atoms with E-state index < -0.39 is 17.5 Å². The Kier molecular flexibility index (Phi) is 3.28. The Hall–Kier alpha value is -2.96. The number of aromatic amines is 1. The van der Waals surface area contributed by atoms with Crippen LogP contribution in [0.5, 0.6) is 0 Å². The lowest BCUT2D eigenvalue weighted by atomic mass is 10.1. The number of aromatic nitrogens is 2. The van der Waals surface area contributed by atoms with E-state index in [0.29, 0.717) is 16.7 Å². The Morgan fingerprint density at radius 2 is 1.96 bits per heavy atom. The molecule has 0 radical (unpaired) electrons. The van der Waals surface area contributed by atoms with E-state index >= 15 is 0 Å². The molecule has 2 aromatic heterocycles. The number of benzene rings is 1. The van der Waals surface area contributed by atoms with Gasteiger partial charge in [-0.1, -0.05) is 6.07 Å². The second-order valence-electron chi connectivity index (χ2n) is 5.22. The van der Waals surface area contributed by atoms with Gasteiger partial charge in [-0.05, 0) is 30.3 Å². The Labute approximate surface area is 128 Å². The summed E-state index contributed by atoms with van der Waals surface area (Å²) in [7, 11) is 0. The van der Waals surface area contributed by atoms with E-state index in [1.165, 1.54) is 28.7 Å². The lowest BCUT2D eigenvalue weighted by molar-refractivity contribution is -0.131. The number of halogens is 2. The van der Waals surface area contributed by atoms with Crippen molar-refractivity contribution in [2.75, 3.05) is 0 Å². The van der Waals surface area contributed by atoms with Crippen LogP contribution in [0.4, 0.5) is 8.78 Å². The number of nitrogens with one attached hydrogen (secondary N) is 1. The van der Waals surface area contributed by atoms with Crippen molar-refractivity contribution in [2.45, 2.75) is 12.8 Å². The maximum absolute atomic E-state index is 13.5. The minimum Gasteiger partial charge on any atom is -0.478 e. The highest BCUT2D eigenvalue weighted by molar-refractivity contribution is 5.86. The maximum Gasteiger partial charge on any atom is 0.328 e. The van der Waals surface area contributed by atoms with Gasteiger partial charge in [0.1, 0.15) is 5.52 Å². The van der Waals surface area contributed by atoms with Gasteiger partial charge in [-0.3, -0.25) is 4.79 Å². The van der Waals surface area contributed by atoms with Gasteiger partial charge in [0.15, 0.2) is 0 Å². The van der Waals surface area contributed by atoms with E-state index in [1.807, 2.05) is 0 Å².